The summed E-state index contributed by atoms with van der Waals surface area (Å²) in [5.74, 6) is 1.56. The molecule has 0 spiro atoms. The van der Waals surface area contributed by atoms with Gasteiger partial charge in [-0.15, -0.1) is 0 Å². The molecule has 0 heterocycles. The maximum atomic E-state index is 5.54. The third-order valence-corrected chi connectivity index (χ3v) is 2.84. The van der Waals surface area contributed by atoms with E-state index < -0.39 is 0 Å². The molecule has 0 aliphatic rings. The van der Waals surface area contributed by atoms with E-state index in [0.717, 1.165) is 18.7 Å². The Hall–Kier alpha value is -1.02. The smallest absolute Gasteiger partial charge is 0.118 e. The molecule has 2 N–H and O–H groups in total. The summed E-state index contributed by atoms with van der Waals surface area (Å²) in [5.41, 5.74) is 6.93. The van der Waals surface area contributed by atoms with E-state index in [1.165, 1.54) is 18.4 Å². The van der Waals surface area contributed by atoms with Gasteiger partial charge in [0.05, 0.1) is 7.11 Å². The molecule has 0 saturated carbocycles. The molecule has 0 aliphatic heterocycles. The minimum absolute atomic E-state index is 0.638. The van der Waals surface area contributed by atoms with E-state index in [-0.39, 0.29) is 0 Å². The van der Waals surface area contributed by atoms with Gasteiger partial charge in [0.1, 0.15) is 5.75 Å². The molecule has 0 saturated heterocycles. The third kappa shape index (κ3) is 3.56. The second kappa shape index (κ2) is 6.46. The summed E-state index contributed by atoms with van der Waals surface area (Å²) in [5, 5.41) is 0. The van der Waals surface area contributed by atoms with Crippen LogP contribution in [0.2, 0.25) is 0 Å². The number of hydrogen-bond donors (Lipinski definition) is 1. The topological polar surface area (TPSA) is 35.2 Å². The van der Waals surface area contributed by atoms with Crippen molar-refractivity contribution in [2.24, 2.45) is 5.73 Å². The van der Waals surface area contributed by atoms with Gasteiger partial charge in [-0.05, 0) is 49.4 Å². The summed E-state index contributed by atoms with van der Waals surface area (Å²) in [6.07, 6.45) is 3.45. The van der Waals surface area contributed by atoms with Crippen LogP contribution >= 0.6 is 0 Å². The van der Waals surface area contributed by atoms with Crippen LogP contribution in [0.5, 0.6) is 5.75 Å². The summed E-state index contributed by atoms with van der Waals surface area (Å²) < 4.78 is 5.14. The highest BCUT2D eigenvalue weighted by molar-refractivity contribution is 5.29. The Morgan fingerprint density at radius 2 is 1.93 bits per heavy atom. The lowest BCUT2D eigenvalue weighted by Crippen LogP contribution is -2.03. The molecule has 0 aromatic heterocycles. The summed E-state index contributed by atoms with van der Waals surface area (Å²) in [4.78, 5) is 0. The second-order valence-electron chi connectivity index (χ2n) is 3.81. The highest BCUT2D eigenvalue weighted by atomic mass is 16.5. The largest absolute Gasteiger partial charge is 0.497 e. The van der Waals surface area contributed by atoms with Crippen LogP contribution in [0.1, 0.15) is 37.7 Å². The number of ether oxygens (including phenoxy) is 1. The molecule has 0 bridgehead atoms. The first-order chi connectivity index (χ1) is 7.31. The average molecular weight is 207 g/mol. The van der Waals surface area contributed by atoms with Crippen molar-refractivity contribution in [2.45, 2.75) is 32.1 Å². The molecule has 1 aromatic carbocycles. The molecule has 2 nitrogen and oxygen atoms in total. The Morgan fingerprint density at radius 1 is 1.27 bits per heavy atom. The summed E-state index contributed by atoms with van der Waals surface area (Å²) in [7, 11) is 1.70. The molecular weight excluding hydrogens is 186 g/mol. The Bertz CT molecular complexity index is 268. The molecule has 0 radical (unpaired) electrons. The summed E-state index contributed by atoms with van der Waals surface area (Å²) >= 11 is 0. The monoisotopic (exact) mass is 207 g/mol. The van der Waals surface area contributed by atoms with Crippen LogP contribution in [0.25, 0.3) is 0 Å². The van der Waals surface area contributed by atoms with Gasteiger partial charge in [-0.2, -0.15) is 0 Å². The van der Waals surface area contributed by atoms with Gasteiger partial charge in [0.2, 0.25) is 0 Å². The van der Waals surface area contributed by atoms with Gasteiger partial charge < -0.3 is 10.5 Å². The minimum atomic E-state index is 0.638. The number of benzene rings is 1. The van der Waals surface area contributed by atoms with Gasteiger partial charge in [-0.3, -0.25) is 0 Å². The lowest BCUT2D eigenvalue weighted by atomic mass is 9.92. The van der Waals surface area contributed by atoms with Crippen LogP contribution < -0.4 is 10.5 Å². The van der Waals surface area contributed by atoms with Crippen molar-refractivity contribution in [3.8, 4) is 5.75 Å². The molecule has 15 heavy (non-hydrogen) atoms. The number of nitrogens with two attached hydrogens (primary N) is 1. The maximum absolute atomic E-state index is 5.54. The molecule has 1 aromatic rings. The fraction of sp³-hybridized carbons (Fsp3) is 0.538. The first-order valence-electron chi connectivity index (χ1n) is 5.65. The normalized spacial score (nSPS) is 12.5. The highest BCUT2D eigenvalue weighted by Crippen LogP contribution is 2.25. The molecule has 0 fully saturated rings. The van der Waals surface area contributed by atoms with Crippen LogP contribution in [0.4, 0.5) is 0 Å². The van der Waals surface area contributed by atoms with E-state index in [1.54, 1.807) is 7.11 Å². The highest BCUT2D eigenvalue weighted by Gasteiger charge is 2.08. The van der Waals surface area contributed by atoms with Crippen LogP contribution in [-0.2, 0) is 0 Å². The molecule has 2 heteroatoms. The zero-order valence-corrected chi connectivity index (χ0v) is 9.70. The molecule has 0 aliphatic carbocycles. The van der Waals surface area contributed by atoms with Crippen molar-refractivity contribution < 1.29 is 4.74 Å². The van der Waals surface area contributed by atoms with Crippen molar-refractivity contribution in [3.05, 3.63) is 29.8 Å². The quantitative estimate of drug-likeness (QED) is 0.778. The molecule has 84 valence electrons. The number of rotatable bonds is 6. The van der Waals surface area contributed by atoms with E-state index in [9.17, 15) is 0 Å². The molecule has 0 amide bonds. The minimum Gasteiger partial charge on any atom is -0.497 e. The van der Waals surface area contributed by atoms with E-state index in [1.807, 2.05) is 12.1 Å². The Balaban J connectivity index is 2.65. The SMILES string of the molecule is CCC(CCCN)c1ccc(OC)cc1. The maximum Gasteiger partial charge on any atom is 0.118 e. The van der Waals surface area contributed by atoms with Crippen molar-refractivity contribution in [1.82, 2.24) is 0 Å². The van der Waals surface area contributed by atoms with Gasteiger partial charge in [-0.1, -0.05) is 19.1 Å². The van der Waals surface area contributed by atoms with Gasteiger partial charge in [0.15, 0.2) is 0 Å². The Kier molecular flexibility index (Phi) is 5.19. The van der Waals surface area contributed by atoms with Gasteiger partial charge >= 0.3 is 0 Å². The zero-order chi connectivity index (χ0) is 11.1. The van der Waals surface area contributed by atoms with Crippen LogP contribution in [-0.4, -0.2) is 13.7 Å². The van der Waals surface area contributed by atoms with Gasteiger partial charge in [0, 0.05) is 0 Å². The van der Waals surface area contributed by atoms with Crippen LogP contribution in [0, 0.1) is 0 Å². The van der Waals surface area contributed by atoms with Crippen LogP contribution in [0.15, 0.2) is 24.3 Å². The van der Waals surface area contributed by atoms with Crippen molar-refractivity contribution in [1.29, 1.82) is 0 Å². The van der Waals surface area contributed by atoms with Crippen molar-refractivity contribution in [3.63, 3.8) is 0 Å². The van der Waals surface area contributed by atoms with E-state index in [0.29, 0.717) is 5.92 Å². The average Bonchev–Trinajstić information content (AvgIpc) is 2.31. The first-order valence-corrected chi connectivity index (χ1v) is 5.65. The molecular formula is C13H21NO. The third-order valence-electron chi connectivity index (χ3n) is 2.84. The lowest BCUT2D eigenvalue weighted by molar-refractivity contribution is 0.414. The van der Waals surface area contributed by atoms with Crippen molar-refractivity contribution in [2.75, 3.05) is 13.7 Å². The summed E-state index contributed by atoms with van der Waals surface area (Å²) in [6, 6.07) is 8.37. The second-order valence-corrected chi connectivity index (χ2v) is 3.81. The Labute approximate surface area is 92.4 Å². The van der Waals surface area contributed by atoms with Gasteiger partial charge in [-0.25, -0.2) is 0 Å². The first kappa shape index (κ1) is 12.1. The fourth-order valence-electron chi connectivity index (χ4n) is 1.85. The van der Waals surface area contributed by atoms with Crippen molar-refractivity contribution >= 4 is 0 Å². The molecule has 1 atom stereocenters. The fourth-order valence-corrected chi connectivity index (χ4v) is 1.85. The van der Waals surface area contributed by atoms with Gasteiger partial charge in [0.25, 0.3) is 0 Å². The van der Waals surface area contributed by atoms with E-state index in [4.69, 9.17) is 10.5 Å². The van der Waals surface area contributed by atoms with E-state index in [2.05, 4.69) is 19.1 Å². The van der Waals surface area contributed by atoms with E-state index >= 15 is 0 Å². The molecule has 1 unspecified atom stereocenters. The standard InChI is InChI=1S/C13H21NO/c1-3-11(5-4-10-14)12-6-8-13(15-2)9-7-12/h6-9,11H,3-5,10,14H2,1-2H3. The summed E-state index contributed by atoms with van der Waals surface area (Å²) in [6.45, 7) is 3.01. The zero-order valence-electron chi connectivity index (χ0n) is 9.70. The molecule has 1 rings (SSSR count). The predicted molar refractivity (Wildman–Crippen MR) is 64.3 cm³/mol. The number of methoxy groups -OCH3 is 1. The number of hydrogen-bond acceptors (Lipinski definition) is 2. The van der Waals surface area contributed by atoms with Crippen LogP contribution in [0.3, 0.4) is 0 Å². The Morgan fingerprint density at radius 3 is 2.40 bits per heavy atom. The lowest BCUT2D eigenvalue weighted by Gasteiger charge is -2.15. The predicted octanol–water partition coefficient (Wildman–Crippen LogP) is 2.93.